The van der Waals surface area contributed by atoms with Crippen molar-refractivity contribution in [3.05, 3.63) is 29.8 Å². The van der Waals surface area contributed by atoms with Crippen LogP contribution in [0.5, 0.6) is 5.75 Å². The van der Waals surface area contributed by atoms with E-state index in [0.717, 1.165) is 24.4 Å². The Morgan fingerprint density at radius 1 is 1.33 bits per heavy atom. The molecule has 1 aliphatic rings. The van der Waals surface area contributed by atoms with Crippen LogP contribution in [0.4, 0.5) is 0 Å². The zero-order valence-electron chi connectivity index (χ0n) is 11.3. The smallest absolute Gasteiger partial charge is 0.118 e. The van der Waals surface area contributed by atoms with Crippen molar-refractivity contribution in [3.63, 3.8) is 0 Å². The third-order valence-corrected chi connectivity index (χ3v) is 3.85. The van der Waals surface area contributed by atoms with Gasteiger partial charge in [0.25, 0.3) is 0 Å². The summed E-state index contributed by atoms with van der Waals surface area (Å²) in [6.45, 7) is 4.09. The van der Waals surface area contributed by atoms with Crippen LogP contribution in [0.3, 0.4) is 0 Å². The van der Waals surface area contributed by atoms with E-state index in [1.165, 1.54) is 19.3 Å². The summed E-state index contributed by atoms with van der Waals surface area (Å²) in [5.74, 6) is 0.831. The van der Waals surface area contributed by atoms with Gasteiger partial charge in [-0.3, -0.25) is 4.90 Å². The Balaban J connectivity index is 1.95. The number of β-amino-alcohol motifs (C(OH)–C–C–N with tert-alkyl or cyclic N) is 1. The van der Waals surface area contributed by atoms with Gasteiger partial charge < -0.3 is 9.84 Å². The predicted molar refractivity (Wildman–Crippen MR) is 72.8 cm³/mol. The Bertz CT molecular complexity index is 363. The molecule has 1 aromatic carbocycles. The van der Waals surface area contributed by atoms with Gasteiger partial charge in [-0.25, -0.2) is 0 Å². The monoisotopic (exact) mass is 249 g/mol. The average molecular weight is 249 g/mol. The number of hydrogen-bond donors (Lipinski definition) is 1. The fraction of sp³-hybridized carbons (Fsp3) is 0.600. The summed E-state index contributed by atoms with van der Waals surface area (Å²) in [6.07, 6.45) is 3.40. The highest BCUT2D eigenvalue weighted by molar-refractivity contribution is 5.28. The SMILES string of the molecule is COc1ccc(C(O)CN2CCCCC2C)cc1. The van der Waals surface area contributed by atoms with Crippen LogP contribution in [0.2, 0.25) is 0 Å². The van der Waals surface area contributed by atoms with Gasteiger partial charge in [-0.15, -0.1) is 0 Å². The van der Waals surface area contributed by atoms with E-state index in [-0.39, 0.29) is 0 Å². The van der Waals surface area contributed by atoms with Crippen molar-refractivity contribution in [2.75, 3.05) is 20.2 Å². The van der Waals surface area contributed by atoms with Gasteiger partial charge in [0.05, 0.1) is 13.2 Å². The van der Waals surface area contributed by atoms with Crippen LogP contribution in [-0.4, -0.2) is 36.2 Å². The first-order valence-corrected chi connectivity index (χ1v) is 6.77. The second kappa shape index (κ2) is 6.21. The van der Waals surface area contributed by atoms with Gasteiger partial charge in [0.2, 0.25) is 0 Å². The molecule has 1 heterocycles. The minimum atomic E-state index is -0.406. The van der Waals surface area contributed by atoms with E-state index < -0.39 is 6.10 Å². The summed E-state index contributed by atoms with van der Waals surface area (Å²) in [5, 5.41) is 10.3. The molecule has 1 N–H and O–H groups in total. The number of aliphatic hydroxyl groups excluding tert-OH is 1. The molecule has 0 amide bonds. The topological polar surface area (TPSA) is 32.7 Å². The van der Waals surface area contributed by atoms with Gasteiger partial charge in [0.1, 0.15) is 5.75 Å². The molecule has 0 aliphatic carbocycles. The maximum Gasteiger partial charge on any atom is 0.118 e. The molecule has 0 radical (unpaired) electrons. The highest BCUT2D eigenvalue weighted by atomic mass is 16.5. The molecule has 0 saturated carbocycles. The maximum absolute atomic E-state index is 10.3. The van der Waals surface area contributed by atoms with Crippen molar-refractivity contribution in [2.24, 2.45) is 0 Å². The van der Waals surface area contributed by atoms with E-state index in [9.17, 15) is 5.11 Å². The number of aliphatic hydroxyl groups is 1. The molecule has 1 aliphatic heterocycles. The van der Waals surface area contributed by atoms with Crippen LogP contribution < -0.4 is 4.74 Å². The quantitative estimate of drug-likeness (QED) is 0.890. The summed E-state index contributed by atoms with van der Waals surface area (Å²) in [6, 6.07) is 8.28. The molecule has 2 unspecified atom stereocenters. The molecule has 1 aromatic rings. The molecule has 3 heteroatoms. The van der Waals surface area contributed by atoms with Gasteiger partial charge in [-0.1, -0.05) is 18.6 Å². The predicted octanol–water partition coefficient (Wildman–Crippen LogP) is 2.60. The Kier molecular flexibility index (Phi) is 4.61. The van der Waals surface area contributed by atoms with Gasteiger partial charge in [-0.05, 0) is 44.0 Å². The largest absolute Gasteiger partial charge is 0.497 e. The highest BCUT2D eigenvalue weighted by Gasteiger charge is 2.21. The maximum atomic E-state index is 10.3. The van der Waals surface area contributed by atoms with Crippen molar-refractivity contribution in [2.45, 2.75) is 38.3 Å². The molecular weight excluding hydrogens is 226 g/mol. The summed E-state index contributed by atoms with van der Waals surface area (Å²) in [5.41, 5.74) is 0.966. The van der Waals surface area contributed by atoms with E-state index in [1.54, 1.807) is 7.11 Å². The van der Waals surface area contributed by atoms with Crippen LogP contribution in [0.1, 0.15) is 37.9 Å². The zero-order chi connectivity index (χ0) is 13.0. The molecule has 0 spiro atoms. The molecule has 0 bridgehead atoms. The van der Waals surface area contributed by atoms with E-state index >= 15 is 0 Å². The molecule has 18 heavy (non-hydrogen) atoms. The third kappa shape index (κ3) is 3.24. The fourth-order valence-electron chi connectivity index (χ4n) is 2.58. The second-order valence-corrected chi connectivity index (χ2v) is 5.13. The third-order valence-electron chi connectivity index (χ3n) is 3.85. The first-order chi connectivity index (χ1) is 8.70. The van der Waals surface area contributed by atoms with E-state index in [2.05, 4.69) is 11.8 Å². The summed E-state index contributed by atoms with van der Waals surface area (Å²) >= 11 is 0. The van der Waals surface area contributed by atoms with Crippen molar-refractivity contribution < 1.29 is 9.84 Å². The minimum Gasteiger partial charge on any atom is -0.497 e. The van der Waals surface area contributed by atoms with Crippen LogP contribution in [0, 0.1) is 0 Å². The summed E-state index contributed by atoms with van der Waals surface area (Å²) < 4.78 is 5.12. The van der Waals surface area contributed by atoms with Gasteiger partial charge in [0.15, 0.2) is 0 Å². The van der Waals surface area contributed by atoms with E-state index in [1.807, 2.05) is 24.3 Å². The number of hydrogen-bond acceptors (Lipinski definition) is 3. The number of ether oxygens (including phenoxy) is 1. The second-order valence-electron chi connectivity index (χ2n) is 5.13. The summed E-state index contributed by atoms with van der Waals surface area (Å²) in [7, 11) is 1.65. The molecule has 1 fully saturated rings. The van der Waals surface area contributed by atoms with E-state index in [0.29, 0.717) is 6.04 Å². The van der Waals surface area contributed by atoms with Gasteiger partial charge in [-0.2, -0.15) is 0 Å². The molecule has 2 rings (SSSR count). The van der Waals surface area contributed by atoms with Crippen LogP contribution in [0.25, 0.3) is 0 Å². The lowest BCUT2D eigenvalue weighted by Crippen LogP contribution is -2.40. The van der Waals surface area contributed by atoms with Crippen LogP contribution in [-0.2, 0) is 0 Å². The number of likely N-dealkylation sites (tertiary alicyclic amines) is 1. The lowest BCUT2D eigenvalue weighted by Gasteiger charge is -2.34. The summed E-state index contributed by atoms with van der Waals surface area (Å²) in [4.78, 5) is 2.39. The Hall–Kier alpha value is -1.06. The molecule has 1 saturated heterocycles. The lowest BCUT2D eigenvalue weighted by atomic mass is 10.0. The Morgan fingerprint density at radius 2 is 2.06 bits per heavy atom. The average Bonchev–Trinajstić information content (AvgIpc) is 2.41. The molecule has 2 atom stereocenters. The minimum absolute atomic E-state index is 0.406. The molecule has 100 valence electrons. The van der Waals surface area contributed by atoms with Gasteiger partial charge in [0, 0.05) is 12.6 Å². The standard InChI is InChI=1S/C15H23NO2/c1-12-5-3-4-10-16(12)11-15(17)13-6-8-14(18-2)9-7-13/h6-9,12,15,17H,3-5,10-11H2,1-2H3. The molecule has 3 nitrogen and oxygen atoms in total. The number of rotatable bonds is 4. The van der Waals surface area contributed by atoms with Crippen LogP contribution in [0.15, 0.2) is 24.3 Å². The Morgan fingerprint density at radius 3 is 2.67 bits per heavy atom. The number of methoxy groups -OCH3 is 1. The zero-order valence-corrected chi connectivity index (χ0v) is 11.3. The van der Waals surface area contributed by atoms with Crippen molar-refractivity contribution in [1.82, 2.24) is 4.90 Å². The van der Waals surface area contributed by atoms with Crippen molar-refractivity contribution in [3.8, 4) is 5.75 Å². The van der Waals surface area contributed by atoms with Gasteiger partial charge >= 0.3 is 0 Å². The first kappa shape index (κ1) is 13.4. The van der Waals surface area contributed by atoms with E-state index in [4.69, 9.17) is 4.74 Å². The first-order valence-electron chi connectivity index (χ1n) is 6.77. The fourth-order valence-corrected chi connectivity index (χ4v) is 2.58. The van der Waals surface area contributed by atoms with Crippen molar-refractivity contribution >= 4 is 0 Å². The Labute approximate surface area is 109 Å². The number of benzene rings is 1. The highest BCUT2D eigenvalue weighted by Crippen LogP contribution is 2.22. The van der Waals surface area contributed by atoms with Crippen LogP contribution >= 0.6 is 0 Å². The van der Waals surface area contributed by atoms with Crippen molar-refractivity contribution in [1.29, 1.82) is 0 Å². The normalized spacial score (nSPS) is 22.7. The lowest BCUT2D eigenvalue weighted by molar-refractivity contribution is 0.0732. The molecular formula is C15H23NO2. The molecule has 0 aromatic heterocycles. The number of piperidine rings is 1. The number of nitrogens with zero attached hydrogens (tertiary/aromatic N) is 1.